The highest BCUT2D eigenvalue weighted by atomic mass is 33.1. The van der Waals surface area contributed by atoms with E-state index in [1.807, 2.05) is 43.3 Å². The molecule has 2 aromatic rings. The minimum absolute atomic E-state index is 0.268. The number of rotatable bonds is 10. The van der Waals surface area contributed by atoms with Crippen LogP contribution in [-0.4, -0.2) is 56.9 Å². The number of β-lactam (4-membered cyclic amide) rings is 1. The Labute approximate surface area is 205 Å². The lowest BCUT2D eigenvalue weighted by Crippen LogP contribution is -2.73. The van der Waals surface area contributed by atoms with Crippen LogP contribution in [0.3, 0.4) is 0 Å². The molecule has 10 heteroatoms. The van der Waals surface area contributed by atoms with Crippen molar-refractivity contribution in [1.29, 1.82) is 0 Å². The molecule has 3 unspecified atom stereocenters. The molecular weight excluding hydrogens is 474 g/mol. The molecule has 0 aliphatic carbocycles. The van der Waals surface area contributed by atoms with Gasteiger partial charge in [-0.2, -0.15) is 0 Å². The van der Waals surface area contributed by atoms with Crippen LogP contribution in [0.2, 0.25) is 0 Å². The number of aliphatic carboxylic acids is 1. The Morgan fingerprint density at radius 1 is 1.15 bits per heavy atom. The van der Waals surface area contributed by atoms with Crippen molar-refractivity contribution in [3.63, 3.8) is 0 Å². The highest BCUT2D eigenvalue weighted by Crippen LogP contribution is 2.41. The van der Waals surface area contributed by atoms with E-state index in [-0.39, 0.29) is 6.61 Å². The molecule has 0 saturated carbocycles. The maximum Gasteiger partial charge on any atom is 0.330 e. The summed E-state index contributed by atoms with van der Waals surface area (Å²) in [5, 5.41) is 12.4. The Morgan fingerprint density at radius 3 is 2.35 bits per heavy atom. The number of hydrogen-bond acceptors (Lipinski definition) is 7. The molecule has 2 amide bonds. The summed E-state index contributed by atoms with van der Waals surface area (Å²) in [4.78, 5) is 42.9. The van der Waals surface area contributed by atoms with Crippen molar-refractivity contribution in [2.24, 2.45) is 4.99 Å². The molecule has 1 aliphatic rings. The number of ether oxygens (including phenoxy) is 1. The van der Waals surface area contributed by atoms with Crippen molar-refractivity contribution in [3.05, 3.63) is 72.8 Å². The summed E-state index contributed by atoms with van der Waals surface area (Å²) in [6.45, 7) is 6.84. The first-order valence-corrected chi connectivity index (χ1v) is 12.6. The number of carbonyl (C=O) groups excluding carboxylic acids is 2. The Morgan fingerprint density at radius 2 is 1.76 bits per heavy atom. The normalized spacial score (nSPS) is 18.6. The van der Waals surface area contributed by atoms with Gasteiger partial charge in [0.05, 0.1) is 10.7 Å². The molecule has 0 aromatic heterocycles. The van der Waals surface area contributed by atoms with Crippen LogP contribution in [0.5, 0.6) is 5.75 Å². The number of carboxylic acids is 1. The third-order valence-electron chi connectivity index (χ3n) is 4.80. The van der Waals surface area contributed by atoms with E-state index >= 15 is 0 Å². The van der Waals surface area contributed by atoms with Gasteiger partial charge in [0, 0.05) is 0 Å². The predicted octanol–water partition coefficient (Wildman–Crippen LogP) is 3.88. The number of nitrogens with zero attached hydrogens (tertiary/aromatic N) is 2. The molecule has 1 aliphatic heterocycles. The van der Waals surface area contributed by atoms with E-state index in [0.717, 1.165) is 10.7 Å². The standard InChI is InChI=1S/C24H25N3O5S2/c1-15(2)21(24(30)31)27-22(29)20(26-19(28)14-32-18-12-8-5-9-13-18)23(27)34-33-16(3)25-17-10-6-4-7-11-17/h4-13,20-21,23H,1,14H2,2-3H3,(H,26,28)(H,30,31). The average molecular weight is 500 g/mol. The van der Waals surface area contributed by atoms with Crippen molar-refractivity contribution < 1.29 is 24.2 Å². The molecule has 0 spiro atoms. The van der Waals surface area contributed by atoms with Crippen LogP contribution in [0.15, 0.2) is 77.8 Å². The number of para-hydroxylation sites is 2. The molecule has 1 fully saturated rings. The molecule has 1 saturated heterocycles. The quantitative estimate of drug-likeness (QED) is 0.168. The summed E-state index contributed by atoms with van der Waals surface area (Å²) in [6, 6.07) is 16.1. The molecule has 2 aromatic carbocycles. The lowest BCUT2D eigenvalue weighted by Gasteiger charge is -2.48. The second-order valence-corrected chi connectivity index (χ2v) is 10.0. The highest BCUT2D eigenvalue weighted by Gasteiger charge is 2.53. The van der Waals surface area contributed by atoms with Crippen molar-refractivity contribution in [2.45, 2.75) is 31.3 Å². The maximum absolute atomic E-state index is 12.9. The van der Waals surface area contributed by atoms with Crippen molar-refractivity contribution in [1.82, 2.24) is 10.2 Å². The molecule has 1 heterocycles. The van der Waals surface area contributed by atoms with Gasteiger partial charge in [-0.15, -0.1) is 0 Å². The fourth-order valence-corrected chi connectivity index (χ4v) is 5.70. The van der Waals surface area contributed by atoms with Crippen LogP contribution < -0.4 is 10.1 Å². The second kappa shape index (κ2) is 11.8. The molecule has 8 nitrogen and oxygen atoms in total. The molecule has 0 bridgehead atoms. The lowest BCUT2D eigenvalue weighted by molar-refractivity contribution is -0.159. The van der Waals surface area contributed by atoms with Gasteiger partial charge in [-0.1, -0.05) is 53.8 Å². The number of carbonyl (C=O) groups is 3. The predicted molar refractivity (Wildman–Crippen MR) is 135 cm³/mol. The molecule has 3 atom stereocenters. The van der Waals surface area contributed by atoms with E-state index in [1.54, 1.807) is 31.2 Å². The zero-order chi connectivity index (χ0) is 24.7. The number of nitrogens with one attached hydrogen (secondary N) is 1. The van der Waals surface area contributed by atoms with Gasteiger partial charge < -0.3 is 20.1 Å². The van der Waals surface area contributed by atoms with E-state index in [9.17, 15) is 19.5 Å². The van der Waals surface area contributed by atoms with Gasteiger partial charge in [0.2, 0.25) is 5.91 Å². The van der Waals surface area contributed by atoms with Crippen LogP contribution in [0.1, 0.15) is 13.8 Å². The first-order chi connectivity index (χ1) is 16.3. The Kier molecular flexibility index (Phi) is 8.78. The fourth-order valence-electron chi connectivity index (χ4n) is 3.27. The van der Waals surface area contributed by atoms with Gasteiger partial charge in [-0.25, -0.2) is 9.79 Å². The monoisotopic (exact) mass is 499 g/mol. The molecule has 178 valence electrons. The van der Waals surface area contributed by atoms with Gasteiger partial charge in [-0.3, -0.25) is 9.59 Å². The molecular formula is C24H25N3O5S2. The molecule has 3 rings (SSSR count). The van der Waals surface area contributed by atoms with Gasteiger partial charge in [0.1, 0.15) is 17.2 Å². The van der Waals surface area contributed by atoms with Crippen LogP contribution in [0.4, 0.5) is 5.69 Å². The summed E-state index contributed by atoms with van der Waals surface area (Å²) in [5.41, 5.74) is 1.10. The van der Waals surface area contributed by atoms with Gasteiger partial charge in [0.15, 0.2) is 12.6 Å². The summed E-state index contributed by atoms with van der Waals surface area (Å²) in [7, 11) is 2.57. The minimum Gasteiger partial charge on any atom is -0.484 e. The maximum atomic E-state index is 12.9. The number of hydrogen-bond donors (Lipinski definition) is 2. The van der Waals surface area contributed by atoms with E-state index in [4.69, 9.17) is 4.74 Å². The van der Waals surface area contributed by atoms with Crippen LogP contribution in [-0.2, 0) is 14.4 Å². The summed E-state index contributed by atoms with van der Waals surface area (Å²) < 4.78 is 5.45. The van der Waals surface area contributed by atoms with Crippen LogP contribution >= 0.6 is 21.6 Å². The van der Waals surface area contributed by atoms with Gasteiger partial charge in [-0.05, 0) is 54.5 Å². The number of benzene rings is 2. The first kappa shape index (κ1) is 25.4. The number of carboxylic acid groups (broad SMARTS) is 1. The van der Waals surface area contributed by atoms with Crippen LogP contribution in [0.25, 0.3) is 0 Å². The number of amides is 2. The lowest BCUT2D eigenvalue weighted by atomic mass is 9.99. The summed E-state index contributed by atoms with van der Waals surface area (Å²) in [5.74, 6) is -1.61. The summed E-state index contributed by atoms with van der Waals surface area (Å²) >= 11 is 0. The van der Waals surface area contributed by atoms with Gasteiger partial charge in [0.25, 0.3) is 5.91 Å². The molecule has 2 N–H and O–H groups in total. The average Bonchev–Trinajstić information content (AvgIpc) is 2.81. The Balaban J connectivity index is 1.69. The minimum atomic E-state index is -1.19. The van der Waals surface area contributed by atoms with Gasteiger partial charge >= 0.3 is 5.97 Å². The first-order valence-electron chi connectivity index (χ1n) is 10.4. The van der Waals surface area contributed by atoms with E-state index in [2.05, 4.69) is 16.9 Å². The molecule has 0 radical (unpaired) electrons. The van der Waals surface area contributed by atoms with Crippen molar-refractivity contribution >= 4 is 50.1 Å². The van der Waals surface area contributed by atoms with E-state index in [0.29, 0.717) is 11.3 Å². The Hall–Kier alpha value is -3.24. The van der Waals surface area contributed by atoms with Crippen LogP contribution in [0, 0.1) is 0 Å². The second-order valence-electron chi connectivity index (χ2n) is 7.52. The number of likely N-dealkylation sites (tertiary alicyclic amines) is 1. The van der Waals surface area contributed by atoms with E-state index < -0.39 is 35.2 Å². The largest absolute Gasteiger partial charge is 0.484 e. The fraction of sp³-hybridized carbons (Fsp3) is 0.250. The highest BCUT2D eigenvalue weighted by molar-refractivity contribution is 8.82. The van der Waals surface area contributed by atoms with Crippen molar-refractivity contribution in [2.75, 3.05) is 6.61 Å². The molecule has 34 heavy (non-hydrogen) atoms. The Bertz CT molecular complexity index is 1060. The SMILES string of the molecule is C=C(C)C(C(=O)O)N1C(=O)C(NC(=O)COc2ccccc2)C1SSC(C)=Nc1ccccc1. The smallest absolute Gasteiger partial charge is 0.330 e. The zero-order valence-corrected chi connectivity index (χ0v) is 20.3. The van der Waals surface area contributed by atoms with E-state index in [1.165, 1.54) is 26.5 Å². The third kappa shape index (κ3) is 6.42. The zero-order valence-electron chi connectivity index (χ0n) is 18.7. The van der Waals surface area contributed by atoms with Crippen molar-refractivity contribution in [3.8, 4) is 5.75 Å². The summed E-state index contributed by atoms with van der Waals surface area (Å²) in [6.07, 6.45) is 0. The number of aliphatic imine (C=N–C) groups is 1. The third-order valence-corrected chi connectivity index (χ3v) is 7.53. The topological polar surface area (TPSA) is 108 Å².